The molecule has 0 saturated heterocycles. The maximum Gasteiger partial charge on any atom is 0.203 e. The van der Waals surface area contributed by atoms with E-state index in [2.05, 4.69) is 4.98 Å². The van der Waals surface area contributed by atoms with Gasteiger partial charge in [-0.05, 0) is 42.8 Å². The number of methoxy groups -OCH3 is 2. The maximum absolute atomic E-state index is 5.83. The third-order valence-electron chi connectivity index (χ3n) is 3.04. The van der Waals surface area contributed by atoms with Crippen molar-refractivity contribution in [1.29, 1.82) is 0 Å². The van der Waals surface area contributed by atoms with E-state index in [1.807, 2.05) is 30.3 Å². The first-order valence-electron chi connectivity index (χ1n) is 6.76. The van der Waals surface area contributed by atoms with Gasteiger partial charge in [0.2, 0.25) is 5.75 Å². The molecule has 5 heteroatoms. The summed E-state index contributed by atoms with van der Waals surface area (Å²) >= 11 is 0. The van der Waals surface area contributed by atoms with Crippen LogP contribution >= 0.6 is 0 Å². The lowest BCUT2D eigenvalue weighted by Gasteiger charge is -2.15. The van der Waals surface area contributed by atoms with E-state index < -0.39 is 0 Å². The molecule has 5 nitrogen and oxygen atoms in total. The number of ether oxygens (including phenoxy) is 3. The Hall–Kier alpha value is -2.27. The van der Waals surface area contributed by atoms with E-state index in [-0.39, 0.29) is 0 Å². The average molecular weight is 288 g/mol. The van der Waals surface area contributed by atoms with Crippen molar-refractivity contribution in [3.05, 3.63) is 47.8 Å². The predicted molar refractivity (Wildman–Crippen MR) is 80.9 cm³/mol. The minimum Gasteiger partial charge on any atom is -0.493 e. The van der Waals surface area contributed by atoms with Crippen LogP contribution in [0.1, 0.15) is 11.3 Å². The Balaban J connectivity index is 2.24. The second-order valence-electron chi connectivity index (χ2n) is 4.48. The van der Waals surface area contributed by atoms with Crippen molar-refractivity contribution < 1.29 is 14.2 Å². The fourth-order valence-electron chi connectivity index (χ4n) is 2.02. The number of pyridine rings is 1. The van der Waals surface area contributed by atoms with Gasteiger partial charge in [0.15, 0.2) is 11.5 Å². The van der Waals surface area contributed by atoms with Crippen molar-refractivity contribution in [2.45, 2.75) is 13.0 Å². The van der Waals surface area contributed by atoms with Crippen LogP contribution in [0.15, 0.2) is 36.5 Å². The summed E-state index contributed by atoms with van der Waals surface area (Å²) in [5.74, 6) is 1.84. The fraction of sp³-hybridized carbons (Fsp3) is 0.312. The molecular weight excluding hydrogens is 268 g/mol. The molecule has 1 aromatic heterocycles. The van der Waals surface area contributed by atoms with E-state index in [1.165, 1.54) is 0 Å². The number of nitrogens with zero attached hydrogens (tertiary/aromatic N) is 1. The Bertz CT molecular complexity index is 548. The quantitative estimate of drug-likeness (QED) is 0.846. The Morgan fingerprint density at radius 1 is 1.10 bits per heavy atom. The van der Waals surface area contributed by atoms with Gasteiger partial charge in [-0.3, -0.25) is 4.98 Å². The Kier molecular flexibility index (Phi) is 5.40. The molecule has 1 aromatic carbocycles. The summed E-state index contributed by atoms with van der Waals surface area (Å²) in [4.78, 5) is 4.23. The van der Waals surface area contributed by atoms with Crippen LogP contribution in [0.2, 0.25) is 0 Å². The van der Waals surface area contributed by atoms with Crippen LogP contribution in [0.25, 0.3) is 0 Å². The molecule has 0 radical (unpaired) electrons. The third-order valence-corrected chi connectivity index (χ3v) is 3.04. The summed E-state index contributed by atoms with van der Waals surface area (Å²) in [7, 11) is 3.21. The molecule has 21 heavy (non-hydrogen) atoms. The van der Waals surface area contributed by atoms with E-state index in [4.69, 9.17) is 19.9 Å². The van der Waals surface area contributed by atoms with Gasteiger partial charge in [0.25, 0.3) is 0 Å². The number of nitrogens with two attached hydrogens (primary N) is 1. The summed E-state index contributed by atoms with van der Waals surface area (Å²) in [6.45, 7) is 0.921. The zero-order valence-corrected chi connectivity index (χ0v) is 12.3. The van der Waals surface area contributed by atoms with Gasteiger partial charge in [0, 0.05) is 6.20 Å². The van der Waals surface area contributed by atoms with Crippen LogP contribution in [0.3, 0.4) is 0 Å². The second-order valence-corrected chi connectivity index (χ2v) is 4.48. The molecule has 0 amide bonds. The maximum atomic E-state index is 5.83. The molecule has 0 spiro atoms. The largest absolute Gasteiger partial charge is 0.493 e. The number of rotatable bonds is 7. The third kappa shape index (κ3) is 3.86. The molecule has 0 aliphatic rings. The highest BCUT2D eigenvalue weighted by Gasteiger charge is 2.14. The first-order valence-corrected chi connectivity index (χ1v) is 6.76. The molecule has 0 unspecified atom stereocenters. The zero-order valence-electron chi connectivity index (χ0n) is 12.3. The first kappa shape index (κ1) is 15.1. The minimum absolute atomic E-state index is 0.351. The lowest BCUT2D eigenvalue weighted by atomic mass is 10.1. The Morgan fingerprint density at radius 3 is 2.33 bits per heavy atom. The smallest absolute Gasteiger partial charge is 0.203 e. The highest BCUT2D eigenvalue weighted by molar-refractivity contribution is 5.54. The Morgan fingerprint density at radius 2 is 1.81 bits per heavy atom. The molecule has 0 aliphatic heterocycles. The molecule has 2 aromatic rings. The molecular formula is C16H20N2O3. The van der Waals surface area contributed by atoms with Crippen molar-refractivity contribution >= 4 is 0 Å². The van der Waals surface area contributed by atoms with Crippen molar-refractivity contribution in [2.24, 2.45) is 5.73 Å². The van der Waals surface area contributed by atoms with Gasteiger partial charge in [0.1, 0.15) is 6.61 Å². The normalized spacial score (nSPS) is 10.2. The summed E-state index contributed by atoms with van der Waals surface area (Å²) < 4.78 is 16.6. The average Bonchev–Trinajstić information content (AvgIpc) is 2.54. The summed E-state index contributed by atoms with van der Waals surface area (Å²) in [6, 6.07) is 9.53. The summed E-state index contributed by atoms with van der Waals surface area (Å²) in [6.07, 6.45) is 2.49. The zero-order chi connectivity index (χ0) is 15.1. The van der Waals surface area contributed by atoms with Gasteiger partial charge in [-0.25, -0.2) is 0 Å². The standard InChI is InChI=1S/C16H20N2O3/c1-19-14-9-12(6-7-17)10-15(20-2)16(14)21-11-13-5-3-4-8-18-13/h3-5,8-10H,6-7,11,17H2,1-2H3. The molecule has 0 bridgehead atoms. The number of benzene rings is 1. The van der Waals surface area contributed by atoms with Crippen LogP contribution in [-0.2, 0) is 13.0 Å². The van der Waals surface area contributed by atoms with Crippen LogP contribution in [0.4, 0.5) is 0 Å². The lowest BCUT2D eigenvalue weighted by molar-refractivity contribution is 0.262. The predicted octanol–water partition coefficient (Wildman–Crippen LogP) is 2.18. The number of aromatic nitrogens is 1. The van der Waals surface area contributed by atoms with Crippen molar-refractivity contribution in [3.63, 3.8) is 0 Å². The number of hydrogen-bond donors (Lipinski definition) is 1. The highest BCUT2D eigenvalue weighted by Crippen LogP contribution is 2.39. The SMILES string of the molecule is COc1cc(CCN)cc(OC)c1OCc1ccccn1. The minimum atomic E-state index is 0.351. The molecule has 0 saturated carbocycles. The van der Waals surface area contributed by atoms with E-state index in [0.717, 1.165) is 17.7 Å². The van der Waals surface area contributed by atoms with Gasteiger partial charge in [0.05, 0.1) is 19.9 Å². The van der Waals surface area contributed by atoms with Crippen LogP contribution in [0, 0.1) is 0 Å². The second kappa shape index (κ2) is 7.50. The van der Waals surface area contributed by atoms with E-state index in [1.54, 1.807) is 20.4 Å². The molecule has 2 N–H and O–H groups in total. The number of hydrogen-bond acceptors (Lipinski definition) is 5. The molecule has 0 aliphatic carbocycles. The molecule has 0 fully saturated rings. The van der Waals surface area contributed by atoms with Gasteiger partial charge < -0.3 is 19.9 Å². The monoisotopic (exact) mass is 288 g/mol. The Labute approximate surface area is 124 Å². The molecule has 2 rings (SSSR count). The highest BCUT2D eigenvalue weighted by atomic mass is 16.5. The van der Waals surface area contributed by atoms with Crippen LogP contribution in [0.5, 0.6) is 17.2 Å². The van der Waals surface area contributed by atoms with E-state index in [9.17, 15) is 0 Å². The van der Waals surface area contributed by atoms with Gasteiger partial charge in [-0.1, -0.05) is 6.07 Å². The van der Waals surface area contributed by atoms with Crippen molar-refractivity contribution in [3.8, 4) is 17.2 Å². The summed E-state index contributed by atoms with van der Waals surface area (Å²) in [5.41, 5.74) is 7.49. The summed E-state index contributed by atoms with van der Waals surface area (Å²) in [5, 5.41) is 0. The topological polar surface area (TPSA) is 66.6 Å². The lowest BCUT2D eigenvalue weighted by Crippen LogP contribution is -2.05. The van der Waals surface area contributed by atoms with Crippen LogP contribution < -0.4 is 19.9 Å². The molecule has 0 atom stereocenters. The van der Waals surface area contributed by atoms with E-state index >= 15 is 0 Å². The first-order chi connectivity index (χ1) is 10.3. The van der Waals surface area contributed by atoms with Crippen molar-refractivity contribution in [1.82, 2.24) is 4.98 Å². The van der Waals surface area contributed by atoms with Gasteiger partial charge in [-0.2, -0.15) is 0 Å². The van der Waals surface area contributed by atoms with Crippen LogP contribution in [-0.4, -0.2) is 25.7 Å². The van der Waals surface area contributed by atoms with Gasteiger partial charge in [-0.15, -0.1) is 0 Å². The fourth-order valence-corrected chi connectivity index (χ4v) is 2.02. The molecule has 112 valence electrons. The molecule has 1 heterocycles. The van der Waals surface area contributed by atoms with E-state index in [0.29, 0.717) is 30.4 Å². The van der Waals surface area contributed by atoms with Gasteiger partial charge >= 0.3 is 0 Å². The van der Waals surface area contributed by atoms with Crippen molar-refractivity contribution in [2.75, 3.05) is 20.8 Å².